The van der Waals surface area contributed by atoms with Crippen LogP contribution in [-0.2, 0) is 6.54 Å². The Hall–Kier alpha value is -2.94. The number of carbonyl (C=O) groups excluding carboxylic acids is 1. The summed E-state index contributed by atoms with van der Waals surface area (Å²) in [6.45, 7) is 0.433. The van der Waals surface area contributed by atoms with Crippen LogP contribution in [0, 0.1) is 5.82 Å². The molecule has 2 nitrogen and oxygen atoms in total. The van der Waals surface area contributed by atoms with Crippen molar-refractivity contribution in [3.63, 3.8) is 0 Å². The monoisotopic (exact) mass is 319 g/mol. The number of amides is 1. The minimum atomic E-state index is -0.276. The van der Waals surface area contributed by atoms with Gasteiger partial charge >= 0.3 is 0 Å². The number of hydrogen-bond acceptors (Lipinski definition) is 1. The van der Waals surface area contributed by atoms with Crippen LogP contribution in [-0.4, -0.2) is 17.9 Å². The van der Waals surface area contributed by atoms with Crippen LogP contribution in [0.5, 0.6) is 0 Å². The van der Waals surface area contributed by atoms with Crippen LogP contribution in [0.15, 0.2) is 78.9 Å². The molecule has 0 aliphatic rings. The summed E-state index contributed by atoms with van der Waals surface area (Å²) in [7, 11) is 1.76. The van der Waals surface area contributed by atoms with Crippen molar-refractivity contribution in [3.05, 3.63) is 95.8 Å². The smallest absolute Gasteiger partial charge is 0.254 e. The molecule has 0 N–H and O–H groups in total. The Morgan fingerprint density at radius 3 is 2.21 bits per heavy atom. The number of carbonyl (C=O) groups is 1. The predicted octanol–water partition coefficient (Wildman–Crippen LogP) is 4.76. The summed E-state index contributed by atoms with van der Waals surface area (Å²) in [5, 5.41) is 0. The van der Waals surface area contributed by atoms with Crippen LogP contribution >= 0.6 is 0 Å². The van der Waals surface area contributed by atoms with Gasteiger partial charge in [0.05, 0.1) is 0 Å². The van der Waals surface area contributed by atoms with E-state index in [2.05, 4.69) is 0 Å². The molecule has 0 atom stereocenters. The molecule has 0 saturated heterocycles. The molecule has 0 unspecified atom stereocenters. The average molecular weight is 319 g/mol. The third-order valence-corrected chi connectivity index (χ3v) is 3.92. The first-order valence-electron chi connectivity index (χ1n) is 7.79. The molecule has 3 aromatic rings. The Kier molecular flexibility index (Phi) is 4.71. The third kappa shape index (κ3) is 3.51. The van der Waals surface area contributed by atoms with Gasteiger partial charge in [0.2, 0.25) is 0 Å². The minimum Gasteiger partial charge on any atom is -0.337 e. The van der Waals surface area contributed by atoms with Gasteiger partial charge in [-0.3, -0.25) is 4.79 Å². The number of rotatable bonds is 4. The second-order valence-electron chi connectivity index (χ2n) is 5.70. The summed E-state index contributed by atoms with van der Waals surface area (Å²) in [5.74, 6) is -0.332. The quantitative estimate of drug-likeness (QED) is 0.678. The standard InChI is InChI=1S/C21H18FNO/c1-23(15-16-11-13-18(22)14-12-16)21(24)20-10-6-5-9-19(20)17-7-3-2-4-8-17/h2-14H,15H2,1H3. The zero-order valence-electron chi connectivity index (χ0n) is 13.4. The highest BCUT2D eigenvalue weighted by Crippen LogP contribution is 2.24. The number of benzene rings is 3. The Bertz CT molecular complexity index is 828. The highest BCUT2D eigenvalue weighted by molar-refractivity contribution is 6.00. The molecule has 0 radical (unpaired) electrons. The second-order valence-corrected chi connectivity index (χ2v) is 5.70. The second kappa shape index (κ2) is 7.09. The Morgan fingerprint density at radius 1 is 0.875 bits per heavy atom. The molecule has 0 spiro atoms. The summed E-state index contributed by atoms with van der Waals surface area (Å²) in [6, 6.07) is 23.6. The highest BCUT2D eigenvalue weighted by Gasteiger charge is 2.16. The molecule has 3 rings (SSSR count). The first-order chi connectivity index (χ1) is 11.6. The van der Waals surface area contributed by atoms with E-state index >= 15 is 0 Å². The van der Waals surface area contributed by atoms with Crippen molar-refractivity contribution >= 4 is 5.91 Å². The van der Waals surface area contributed by atoms with Crippen molar-refractivity contribution in [1.82, 2.24) is 4.90 Å². The molecule has 0 bridgehead atoms. The fraction of sp³-hybridized carbons (Fsp3) is 0.0952. The zero-order valence-corrected chi connectivity index (χ0v) is 13.4. The molecule has 0 aromatic heterocycles. The molecule has 3 aromatic carbocycles. The third-order valence-electron chi connectivity index (χ3n) is 3.92. The molecule has 1 amide bonds. The Labute approximate surface area is 141 Å². The summed E-state index contributed by atoms with van der Waals surface area (Å²) in [6.07, 6.45) is 0. The van der Waals surface area contributed by atoms with Crippen LogP contribution in [0.4, 0.5) is 4.39 Å². The topological polar surface area (TPSA) is 20.3 Å². The lowest BCUT2D eigenvalue weighted by Gasteiger charge is -2.19. The lowest BCUT2D eigenvalue weighted by atomic mass is 9.99. The summed E-state index contributed by atoms with van der Waals surface area (Å²) >= 11 is 0. The summed E-state index contributed by atoms with van der Waals surface area (Å²) < 4.78 is 13.0. The largest absolute Gasteiger partial charge is 0.337 e. The molecule has 0 aliphatic carbocycles. The molecule has 0 aliphatic heterocycles. The molecule has 0 heterocycles. The normalized spacial score (nSPS) is 10.4. The van der Waals surface area contributed by atoms with E-state index in [0.717, 1.165) is 16.7 Å². The minimum absolute atomic E-state index is 0.0567. The maximum atomic E-state index is 13.0. The van der Waals surface area contributed by atoms with Gasteiger partial charge in [-0.2, -0.15) is 0 Å². The van der Waals surface area contributed by atoms with Crippen LogP contribution < -0.4 is 0 Å². The van der Waals surface area contributed by atoms with Gasteiger partial charge in [-0.25, -0.2) is 4.39 Å². The van der Waals surface area contributed by atoms with Crippen molar-refractivity contribution in [2.45, 2.75) is 6.54 Å². The van der Waals surface area contributed by atoms with E-state index in [1.807, 2.05) is 54.6 Å². The van der Waals surface area contributed by atoms with E-state index in [-0.39, 0.29) is 11.7 Å². The van der Waals surface area contributed by atoms with Gasteiger partial charge in [-0.15, -0.1) is 0 Å². The Balaban J connectivity index is 1.86. The van der Waals surface area contributed by atoms with Crippen molar-refractivity contribution in [2.24, 2.45) is 0 Å². The first-order valence-corrected chi connectivity index (χ1v) is 7.79. The molecule has 120 valence electrons. The van der Waals surface area contributed by atoms with Crippen LogP contribution in [0.3, 0.4) is 0 Å². The van der Waals surface area contributed by atoms with E-state index in [1.165, 1.54) is 12.1 Å². The lowest BCUT2D eigenvalue weighted by molar-refractivity contribution is 0.0786. The number of hydrogen-bond donors (Lipinski definition) is 0. The van der Waals surface area contributed by atoms with Crippen molar-refractivity contribution in [3.8, 4) is 11.1 Å². The molecular weight excluding hydrogens is 301 g/mol. The van der Waals surface area contributed by atoms with Crippen molar-refractivity contribution in [2.75, 3.05) is 7.05 Å². The van der Waals surface area contributed by atoms with E-state index < -0.39 is 0 Å². The van der Waals surface area contributed by atoms with Crippen LogP contribution in [0.25, 0.3) is 11.1 Å². The first kappa shape index (κ1) is 15.9. The molecule has 0 fully saturated rings. The van der Waals surface area contributed by atoms with Gasteiger partial charge in [0.1, 0.15) is 5.82 Å². The lowest BCUT2D eigenvalue weighted by Crippen LogP contribution is -2.26. The molecule has 0 saturated carbocycles. The molecule has 24 heavy (non-hydrogen) atoms. The zero-order chi connectivity index (χ0) is 16.9. The van der Waals surface area contributed by atoms with Crippen molar-refractivity contribution < 1.29 is 9.18 Å². The van der Waals surface area contributed by atoms with Gasteiger partial charge in [0.15, 0.2) is 0 Å². The molecular formula is C21H18FNO. The predicted molar refractivity (Wildman–Crippen MR) is 94.1 cm³/mol. The van der Waals surface area contributed by atoms with E-state index in [9.17, 15) is 9.18 Å². The number of nitrogens with zero attached hydrogens (tertiary/aromatic N) is 1. The fourth-order valence-corrected chi connectivity index (χ4v) is 2.68. The Morgan fingerprint density at radius 2 is 1.50 bits per heavy atom. The van der Waals surface area contributed by atoms with Crippen LogP contribution in [0.1, 0.15) is 15.9 Å². The summed E-state index contributed by atoms with van der Waals surface area (Å²) in [4.78, 5) is 14.5. The van der Waals surface area contributed by atoms with E-state index in [4.69, 9.17) is 0 Å². The van der Waals surface area contributed by atoms with Gasteiger partial charge in [-0.1, -0.05) is 60.7 Å². The fourth-order valence-electron chi connectivity index (χ4n) is 2.68. The van der Waals surface area contributed by atoms with Gasteiger partial charge in [0.25, 0.3) is 5.91 Å². The average Bonchev–Trinajstić information content (AvgIpc) is 2.63. The van der Waals surface area contributed by atoms with Gasteiger partial charge < -0.3 is 4.90 Å². The number of halogens is 1. The van der Waals surface area contributed by atoms with Gasteiger partial charge in [0, 0.05) is 19.2 Å². The highest BCUT2D eigenvalue weighted by atomic mass is 19.1. The van der Waals surface area contributed by atoms with Crippen LogP contribution in [0.2, 0.25) is 0 Å². The SMILES string of the molecule is CN(Cc1ccc(F)cc1)C(=O)c1ccccc1-c1ccccc1. The summed E-state index contributed by atoms with van der Waals surface area (Å²) in [5.41, 5.74) is 3.48. The molecule has 3 heteroatoms. The van der Waals surface area contributed by atoms with E-state index in [1.54, 1.807) is 24.1 Å². The van der Waals surface area contributed by atoms with E-state index in [0.29, 0.717) is 12.1 Å². The maximum absolute atomic E-state index is 13.0. The van der Waals surface area contributed by atoms with Gasteiger partial charge in [-0.05, 0) is 34.9 Å². The van der Waals surface area contributed by atoms with Crippen molar-refractivity contribution in [1.29, 1.82) is 0 Å². The maximum Gasteiger partial charge on any atom is 0.254 e.